The molecule has 36 heavy (non-hydrogen) atoms. The molecule has 1 N–H and O–H groups in total. The smallest absolute Gasteiger partial charge is 0.267 e. The summed E-state index contributed by atoms with van der Waals surface area (Å²) in [4.78, 5) is 43.7. The van der Waals surface area contributed by atoms with Crippen LogP contribution in [0.25, 0.3) is 11.3 Å². The second-order valence-electron chi connectivity index (χ2n) is 8.43. The van der Waals surface area contributed by atoms with E-state index in [1.165, 1.54) is 42.5 Å². The van der Waals surface area contributed by atoms with Crippen molar-refractivity contribution in [1.29, 1.82) is 5.26 Å². The third-order valence-electron chi connectivity index (χ3n) is 5.99. The molecule has 2 saturated heterocycles. The molecule has 0 spiro atoms. The van der Waals surface area contributed by atoms with Crippen molar-refractivity contribution in [1.82, 2.24) is 19.7 Å². The van der Waals surface area contributed by atoms with Crippen LogP contribution in [-0.4, -0.2) is 56.8 Å². The van der Waals surface area contributed by atoms with Gasteiger partial charge in [-0.15, -0.1) is 0 Å². The second kappa shape index (κ2) is 9.49. The van der Waals surface area contributed by atoms with Crippen LogP contribution < -0.4 is 10.9 Å². The predicted molar refractivity (Wildman–Crippen MR) is 126 cm³/mol. The number of nitrogens with one attached hydrogen (secondary N) is 1. The molecule has 3 aromatic rings. The number of carbonyl (C=O) groups is 2. The van der Waals surface area contributed by atoms with E-state index in [9.17, 15) is 24.0 Å². The maximum absolute atomic E-state index is 13.8. The number of aromatic nitrogens is 3. The second-order valence-corrected chi connectivity index (χ2v) is 8.84. The Labute approximate surface area is 208 Å². The molecular weight excluding hydrogens is 491 g/mol. The molecule has 1 aromatic carbocycles. The lowest BCUT2D eigenvalue weighted by Crippen LogP contribution is -2.41. The number of halogens is 2. The molecule has 0 radical (unpaired) electrons. The maximum atomic E-state index is 13.8. The number of amides is 2. The van der Waals surface area contributed by atoms with Crippen molar-refractivity contribution in [3.8, 4) is 17.3 Å². The Kier molecular flexibility index (Phi) is 6.22. The number of anilines is 1. The standard InChI is InChI=1S/C24H18ClFN6O4/c25-18-2-1-13(6-19(18)26)20-3-4-23(34)32(30-20)11-22(33)29-21-7-14(5-15(9-27)28-21)24(35)31-10-17-8-16(31)12-36-17/h1-7,16-17H,8,10-12H2,(H,28,29,33)/t16-,17-/m0/s1. The summed E-state index contributed by atoms with van der Waals surface area (Å²) < 4.78 is 20.3. The number of fused-ring (bicyclic) bond motifs is 2. The number of hydrogen-bond donors (Lipinski definition) is 1. The van der Waals surface area contributed by atoms with Crippen LogP contribution in [0.5, 0.6) is 0 Å². The average Bonchev–Trinajstić information content (AvgIpc) is 3.50. The van der Waals surface area contributed by atoms with Gasteiger partial charge in [-0.05, 0) is 36.8 Å². The van der Waals surface area contributed by atoms with E-state index in [2.05, 4.69) is 15.4 Å². The molecule has 4 heterocycles. The van der Waals surface area contributed by atoms with Gasteiger partial charge >= 0.3 is 0 Å². The average molecular weight is 509 g/mol. The van der Waals surface area contributed by atoms with E-state index in [0.717, 1.165) is 11.1 Å². The van der Waals surface area contributed by atoms with Gasteiger partial charge in [-0.3, -0.25) is 14.4 Å². The van der Waals surface area contributed by atoms with Gasteiger partial charge in [-0.25, -0.2) is 14.1 Å². The van der Waals surface area contributed by atoms with Gasteiger partial charge in [0.1, 0.15) is 29.9 Å². The Morgan fingerprint density at radius 2 is 2.08 bits per heavy atom. The molecule has 0 saturated carbocycles. The topological polar surface area (TPSA) is 130 Å². The van der Waals surface area contributed by atoms with Crippen molar-refractivity contribution in [3.63, 3.8) is 0 Å². The van der Waals surface area contributed by atoms with Crippen LogP contribution >= 0.6 is 11.6 Å². The van der Waals surface area contributed by atoms with Crippen LogP contribution in [0.4, 0.5) is 10.2 Å². The lowest BCUT2D eigenvalue weighted by Gasteiger charge is -2.27. The summed E-state index contributed by atoms with van der Waals surface area (Å²) in [7, 11) is 0. The van der Waals surface area contributed by atoms with Crippen molar-refractivity contribution < 1.29 is 18.7 Å². The third kappa shape index (κ3) is 4.68. The molecule has 2 aliphatic rings. The maximum Gasteiger partial charge on any atom is 0.267 e. The fourth-order valence-electron chi connectivity index (χ4n) is 4.28. The number of hydrogen-bond acceptors (Lipinski definition) is 7. The highest BCUT2D eigenvalue weighted by molar-refractivity contribution is 6.30. The van der Waals surface area contributed by atoms with E-state index in [1.807, 2.05) is 6.07 Å². The third-order valence-corrected chi connectivity index (χ3v) is 6.30. The van der Waals surface area contributed by atoms with Gasteiger partial charge < -0.3 is 15.0 Å². The zero-order valence-electron chi connectivity index (χ0n) is 18.6. The summed E-state index contributed by atoms with van der Waals surface area (Å²) in [6.07, 6.45) is 0.788. The highest BCUT2D eigenvalue weighted by atomic mass is 35.5. The van der Waals surface area contributed by atoms with Crippen LogP contribution in [0.3, 0.4) is 0 Å². The summed E-state index contributed by atoms with van der Waals surface area (Å²) in [6.45, 7) is 0.467. The molecule has 2 bridgehead atoms. The Morgan fingerprint density at radius 1 is 1.25 bits per heavy atom. The number of likely N-dealkylation sites (tertiary alicyclic amines) is 1. The molecule has 182 valence electrons. The van der Waals surface area contributed by atoms with Gasteiger partial charge in [0.2, 0.25) is 5.91 Å². The number of ether oxygens (including phenoxy) is 1. The first-order valence-corrected chi connectivity index (χ1v) is 11.4. The minimum Gasteiger partial charge on any atom is -0.374 e. The fourth-order valence-corrected chi connectivity index (χ4v) is 4.40. The molecule has 2 atom stereocenters. The van der Waals surface area contributed by atoms with Gasteiger partial charge in [-0.2, -0.15) is 10.4 Å². The predicted octanol–water partition coefficient (Wildman–Crippen LogP) is 2.22. The summed E-state index contributed by atoms with van der Waals surface area (Å²) in [6, 6.07) is 11.3. The Bertz CT molecular complexity index is 1490. The quantitative estimate of drug-likeness (QED) is 0.559. The summed E-state index contributed by atoms with van der Waals surface area (Å²) in [5.74, 6) is -1.58. The van der Waals surface area contributed by atoms with Gasteiger partial charge in [0.15, 0.2) is 0 Å². The molecular formula is C24H18ClFN6O4. The number of carbonyl (C=O) groups excluding carboxylic acids is 2. The van der Waals surface area contributed by atoms with Crippen LogP contribution in [0.15, 0.2) is 47.3 Å². The SMILES string of the molecule is N#Cc1cc(C(=O)N2C[C@@H]3C[C@H]2CO3)cc(NC(=O)Cn2nc(-c3ccc(Cl)c(F)c3)ccc2=O)n1. The summed E-state index contributed by atoms with van der Waals surface area (Å²) in [5.41, 5.74) is 0.257. The van der Waals surface area contributed by atoms with Crippen molar-refractivity contribution in [2.24, 2.45) is 0 Å². The first-order valence-electron chi connectivity index (χ1n) is 11.0. The molecule has 2 aromatic heterocycles. The van der Waals surface area contributed by atoms with Crippen molar-refractivity contribution >= 4 is 29.2 Å². The van der Waals surface area contributed by atoms with E-state index in [4.69, 9.17) is 16.3 Å². The van der Waals surface area contributed by atoms with Gasteiger partial charge in [0.05, 0.1) is 29.5 Å². The van der Waals surface area contributed by atoms with E-state index < -0.39 is 23.8 Å². The van der Waals surface area contributed by atoms with Crippen LogP contribution in [0.1, 0.15) is 22.5 Å². The van der Waals surface area contributed by atoms with Gasteiger partial charge in [0.25, 0.3) is 11.5 Å². The number of rotatable bonds is 5. The first-order chi connectivity index (χ1) is 17.3. The van der Waals surface area contributed by atoms with E-state index in [-0.39, 0.29) is 45.8 Å². The molecule has 0 unspecified atom stereocenters. The molecule has 2 amide bonds. The number of pyridine rings is 1. The van der Waals surface area contributed by atoms with Gasteiger partial charge in [-0.1, -0.05) is 17.7 Å². The largest absolute Gasteiger partial charge is 0.374 e. The number of morpholine rings is 1. The minimum atomic E-state index is -0.654. The number of benzene rings is 1. The summed E-state index contributed by atoms with van der Waals surface area (Å²) >= 11 is 5.72. The lowest BCUT2D eigenvalue weighted by atomic mass is 10.1. The van der Waals surface area contributed by atoms with E-state index >= 15 is 0 Å². The monoisotopic (exact) mass is 508 g/mol. The van der Waals surface area contributed by atoms with Crippen molar-refractivity contribution in [2.75, 3.05) is 18.5 Å². The number of nitriles is 1. The van der Waals surface area contributed by atoms with Crippen LogP contribution in [-0.2, 0) is 16.1 Å². The first kappa shape index (κ1) is 23.6. The van der Waals surface area contributed by atoms with Crippen molar-refractivity contribution in [3.05, 3.63) is 74.9 Å². The normalized spacial score (nSPS) is 18.2. The van der Waals surface area contributed by atoms with E-state index in [1.54, 1.807) is 4.90 Å². The molecule has 2 fully saturated rings. The molecule has 0 aliphatic carbocycles. The van der Waals surface area contributed by atoms with Gasteiger partial charge in [0, 0.05) is 23.7 Å². The zero-order chi connectivity index (χ0) is 25.4. The minimum absolute atomic E-state index is 0.00742. The Balaban J connectivity index is 1.34. The van der Waals surface area contributed by atoms with Crippen molar-refractivity contribution in [2.45, 2.75) is 25.1 Å². The Hall–Kier alpha value is -4.14. The molecule has 5 rings (SSSR count). The van der Waals surface area contributed by atoms with Crippen LogP contribution in [0.2, 0.25) is 5.02 Å². The lowest BCUT2D eigenvalue weighted by molar-refractivity contribution is -0.117. The van der Waals surface area contributed by atoms with Crippen LogP contribution in [0, 0.1) is 17.1 Å². The summed E-state index contributed by atoms with van der Waals surface area (Å²) in [5, 5.41) is 16.0. The number of nitrogens with zero attached hydrogens (tertiary/aromatic N) is 5. The molecule has 10 nitrogen and oxygen atoms in total. The van der Waals surface area contributed by atoms with E-state index in [0.29, 0.717) is 18.7 Å². The highest BCUT2D eigenvalue weighted by Crippen LogP contribution is 2.29. The zero-order valence-corrected chi connectivity index (χ0v) is 19.4. The Morgan fingerprint density at radius 3 is 2.78 bits per heavy atom. The highest BCUT2D eigenvalue weighted by Gasteiger charge is 2.41. The molecule has 12 heteroatoms. The molecule has 2 aliphatic heterocycles. The fraction of sp³-hybridized carbons (Fsp3) is 0.250.